The van der Waals surface area contributed by atoms with E-state index >= 15 is 0 Å². The minimum Gasteiger partial charge on any atom is -0.378 e. The summed E-state index contributed by atoms with van der Waals surface area (Å²) in [5.74, 6) is -0.256. The van der Waals surface area contributed by atoms with E-state index in [1.54, 1.807) is 46.1 Å². The number of ether oxygens (including phenoxy) is 1. The van der Waals surface area contributed by atoms with Crippen molar-refractivity contribution < 1.29 is 14.3 Å². The van der Waals surface area contributed by atoms with Crippen molar-refractivity contribution in [2.45, 2.75) is 0 Å². The third-order valence-electron chi connectivity index (χ3n) is 3.85. The van der Waals surface area contributed by atoms with E-state index in [1.165, 1.54) is 6.08 Å². The van der Waals surface area contributed by atoms with Gasteiger partial charge in [0.25, 0.3) is 5.91 Å². The molecule has 2 aromatic rings. The number of benzene rings is 1. The van der Waals surface area contributed by atoms with Gasteiger partial charge in [-0.3, -0.25) is 14.3 Å². The number of amides is 2. The number of carbonyl (C=O) groups excluding carboxylic acids is 2. The average molecular weight is 340 g/mol. The highest BCUT2D eigenvalue weighted by Crippen LogP contribution is 2.13. The second kappa shape index (κ2) is 7.76. The maximum atomic E-state index is 12.4. The molecule has 1 N–H and O–H groups in total. The zero-order valence-corrected chi connectivity index (χ0v) is 14.0. The summed E-state index contributed by atoms with van der Waals surface area (Å²) in [6, 6.07) is 6.89. The maximum absolute atomic E-state index is 12.4. The van der Waals surface area contributed by atoms with Crippen molar-refractivity contribution in [2.75, 3.05) is 31.6 Å². The first-order valence-electron chi connectivity index (χ1n) is 8.06. The van der Waals surface area contributed by atoms with Crippen LogP contribution in [-0.2, 0) is 16.6 Å². The topological polar surface area (TPSA) is 76.5 Å². The number of carbonyl (C=O) groups is 2. The molecule has 0 radical (unpaired) electrons. The number of nitrogens with zero attached hydrogens (tertiary/aromatic N) is 3. The number of hydrogen-bond donors (Lipinski definition) is 1. The lowest BCUT2D eigenvalue weighted by atomic mass is 10.1. The summed E-state index contributed by atoms with van der Waals surface area (Å²) in [7, 11) is 1.82. The van der Waals surface area contributed by atoms with Crippen LogP contribution in [0.5, 0.6) is 0 Å². The molecule has 0 saturated carbocycles. The number of anilines is 1. The minimum atomic E-state index is -0.240. The van der Waals surface area contributed by atoms with E-state index in [0.29, 0.717) is 37.6 Å². The van der Waals surface area contributed by atoms with Gasteiger partial charge in [0.15, 0.2) is 0 Å². The molecule has 1 aliphatic heterocycles. The lowest BCUT2D eigenvalue weighted by Crippen LogP contribution is -2.40. The van der Waals surface area contributed by atoms with Crippen molar-refractivity contribution in [2.24, 2.45) is 7.05 Å². The quantitative estimate of drug-likeness (QED) is 0.857. The lowest BCUT2D eigenvalue weighted by Gasteiger charge is -2.26. The Kier molecular flexibility index (Phi) is 5.25. The van der Waals surface area contributed by atoms with Gasteiger partial charge in [-0.15, -0.1) is 0 Å². The van der Waals surface area contributed by atoms with E-state index in [-0.39, 0.29) is 11.8 Å². The first kappa shape index (κ1) is 16.9. The molecule has 2 amide bonds. The van der Waals surface area contributed by atoms with Crippen LogP contribution in [-0.4, -0.2) is 52.8 Å². The predicted molar refractivity (Wildman–Crippen MR) is 94.0 cm³/mol. The normalized spacial score (nSPS) is 14.7. The fourth-order valence-electron chi connectivity index (χ4n) is 2.53. The number of rotatable bonds is 4. The zero-order valence-electron chi connectivity index (χ0n) is 14.0. The Morgan fingerprint density at radius 1 is 1.20 bits per heavy atom. The third-order valence-corrected chi connectivity index (χ3v) is 3.85. The molecular weight excluding hydrogens is 320 g/mol. The molecule has 0 aliphatic carbocycles. The van der Waals surface area contributed by atoms with Crippen molar-refractivity contribution >= 4 is 23.6 Å². The van der Waals surface area contributed by atoms with Crippen LogP contribution in [0.3, 0.4) is 0 Å². The van der Waals surface area contributed by atoms with Gasteiger partial charge in [0.2, 0.25) is 5.91 Å². The summed E-state index contributed by atoms with van der Waals surface area (Å²) in [6.07, 6.45) is 6.63. The fourth-order valence-corrected chi connectivity index (χ4v) is 2.53. The summed E-state index contributed by atoms with van der Waals surface area (Å²) < 4.78 is 6.92. The molecule has 7 nitrogen and oxygen atoms in total. The molecule has 1 aliphatic rings. The van der Waals surface area contributed by atoms with E-state index in [0.717, 1.165) is 5.56 Å². The smallest absolute Gasteiger partial charge is 0.254 e. The van der Waals surface area contributed by atoms with Gasteiger partial charge in [0.05, 0.1) is 19.4 Å². The molecule has 1 aromatic heterocycles. The van der Waals surface area contributed by atoms with Crippen molar-refractivity contribution in [1.29, 1.82) is 0 Å². The molecule has 1 aromatic carbocycles. The standard InChI is InChI=1S/C18H20N4O3/c1-21-13-14(12-19-21)2-7-17(23)20-16-5-3-15(4-6-16)18(24)22-8-10-25-11-9-22/h2-7,12-13H,8-11H2,1H3,(H,20,23)/b7-2+. The van der Waals surface area contributed by atoms with E-state index in [2.05, 4.69) is 10.4 Å². The van der Waals surface area contributed by atoms with Gasteiger partial charge in [0, 0.05) is 49.2 Å². The Labute approximate surface area is 145 Å². The number of nitrogens with one attached hydrogen (secondary N) is 1. The highest BCUT2D eigenvalue weighted by molar-refractivity contribution is 6.02. The highest BCUT2D eigenvalue weighted by Gasteiger charge is 2.18. The van der Waals surface area contributed by atoms with Crippen LogP contribution in [0, 0.1) is 0 Å². The van der Waals surface area contributed by atoms with Crippen molar-refractivity contribution in [1.82, 2.24) is 14.7 Å². The first-order valence-corrected chi connectivity index (χ1v) is 8.06. The van der Waals surface area contributed by atoms with Crippen molar-refractivity contribution in [3.8, 4) is 0 Å². The molecule has 130 valence electrons. The predicted octanol–water partition coefficient (Wildman–Crippen LogP) is 1.54. The Balaban J connectivity index is 1.57. The molecule has 1 saturated heterocycles. The van der Waals surface area contributed by atoms with Gasteiger partial charge >= 0.3 is 0 Å². The maximum Gasteiger partial charge on any atom is 0.254 e. The van der Waals surface area contributed by atoms with Gasteiger partial charge in [-0.1, -0.05) is 0 Å². The van der Waals surface area contributed by atoms with Crippen molar-refractivity contribution in [3.63, 3.8) is 0 Å². The number of morpholine rings is 1. The summed E-state index contributed by atoms with van der Waals surface area (Å²) in [6.45, 7) is 2.36. The number of aryl methyl sites for hydroxylation is 1. The first-order chi connectivity index (χ1) is 12.1. The molecule has 0 bridgehead atoms. The second-order valence-corrected chi connectivity index (χ2v) is 5.75. The summed E-state index contributed by atoms with van der Waals surface area (Å²) >= 11 is 0. The second-order valence-electron chi connectivity index (χ2n) is 5.75. The van der Waals surface area contributed by atoms with Gasteiger partial charge in [0.1, 0.15) is 0 Å². The third kappa shape index (κ3) is 4.54. The van der Waals surface area contributed by atoms with Crippen LogP contribution in [0.2, 0.25) is 0 Å². The lowest BCUT2D eigenvalue weighted by molar-refractivity contribution is -0.111. The summed E-state index contributed by atoms with van der Waals surface area (Å²) in [5.41, 5.74) is 2.09. The van der Waals surface area contributed by atoms with Crippen LogP contribution in [0.25, 0.3) is 6.08 Å². The number of hydrogen-bond acceptors (Lipinski definition) is 4. The monoisotopic (exact) mass is 340 g/mol. The SMILES string of the molecule is Cn1cc(/C=C/C(=O)Nc2ccc(C(=O)N3CCOCC3)cc2)cn1. The minimum absolute atomic E-state index is 0.0161. The van der Waals surface area contributed by atoms with Gasteiger partial charge in [-0.25, -0.2) is 0 Å². The van der Waals surface area contributed by atoms with Crippen LogP contribution >= 0.6 is 0 Å². The Hall–Kier alpha value is -2.93. The largest absolute Gasteiger partial charge is 0.378 e. The molecule has 0 spiro atoms. The molecular formula is C18H20N4O3. The molecule has 7 heteroatoms. The molecule has 0 unspecified atom stereocenters. The van der Waals surface area contributed by atoms with E-state index in [9.17, 15) is 9.59 Å². The summed E-state index contributed by atoms with van der Waals surface area (Å²) in [4.78, 5) is 26.1. The summed E-state index contributed by atoms with van der Waals surface area (Å²) in [5, 5.41) is 6.80. The Morgan fingerprint density at radius 2 is 1.92 bits per heavy atom. The van der Waals surface area contributed by atoms with Crippen LogP contribution in [0.4, 0.5) is 5.69 Å². The molecule has 25 heavy (non-hydrogen) atoms. The van der Waals surface area contributed by atoms with Gasteiger partial charge in [-0.2, -0.15) is 5.10 Å². The van der Waals surface area contributed by atoms with Crippen LogP contribution in [0.15, 0.2) is 42.7 Å². The van der Waals surface area contributed by atoms with Crippen LogP contribution < -0.4 is 5.32 Å². The van der Waals surface area contributed by atoms with Crippen molar-refractivity contribution in [3.05, 3.63) is 53.9 Å². The van der Waals surface area contributed by atoms with E-state index < -0.39 is 0 Å². The van der Waals surface area contributed by atoms with E-state index in [4.69, 9.17) is 4.74 Å². The fraction of sp³-hybridized carbons (Fsp3) is 0.278. The van der Waals surface area contributed by atoms with Gasteiger partial charge < -0.3 is 15.0 Å². The number of aromatic nitrogens is 2. The zero-order chi connectivity index (χ0) is 17.6. The average Bonchev–Trinajstić information content (AvgIpc) is 3.06. The van der Waals surface area contributed by atoms with Crippen LogP contribution in [0.1, 0.15) is 15.9 Å². The Morgan fingerprint density at radius 3 is 2.56 bits per heavy atom. The molecule has 3 rings (SSSR count). The molecule has 2 heterocycles. The highest BCUT2D eigenvalue weighted by atomic mass is 16.5. The molecule has 1 fully saturated rings. The Bertz CT molecular complexity index is 774. The van der Waals surface area contributed by atoms with E-state index in [1.807, 2.05) is 13.2 Å². The van der Waals surface area contributed by atoms with Gasteiger partial charge in [-0.05, 0) is 30.3 Å². The molecule has 0 atom stereocenters.